The van der Waals surface area contributed by atoms with Crippen molar-refractivity contribution in [1.29, 1.82) is 0 Å². The highest BCUT2D eigenvalue weighted by Gasteiger charge is 2.57. The Morgan fingerprint density at radius 2 is 1.64 bits per heavy atom. The molecule has 1 saturated carbocycles. The van der Waals surface area contributed by atoms with E-state index in [2.05, 4.69) is 55.6 Å². The molecule has 3 aliphatic carbocycles. The van der Waals surface area contributed by atoms with E-state index in [9.17, 15) is 19.8 Å². The molecule has 4 atom stereocenters. The number of para-hydroxylation sites is 1. The van der Waals surface area contributed by atoms with E-state index in [1.807, 2.05) is 60.7 Å². The predicted octanol–water partition coefficient (Wildman–Crippen LogP) is 9.85. The average molecular weight is 737 g/mol. The quantitative estimate of drug-likeness (QED) is 0.109. The molecular formula is C48H52N2O5. The van der Waals surface area contributed by atoms with Crippen LogP contribution in [0.15, 0.2) is 127 Å². The van der Waals surface area contributed by atoms with Crippen molar-refractivity contribution in [3.8, 4) is 5.75 Å². The molecule has 0 aliphatic heterocycles. The molecule has 0 aromatic heterocycles. The monoisotopic (exact) mass is 736 g/mol. The molecule has 0 heterocycles. The number of nitrogens with one attached hydrogen (secondary N) is 1. The number of aliphatic hydroxyl groups excluding tert-OH is 1. The number of anilines is 1. The summed E-state index contributed by atoms with van der Waals surface area (Å²) in [6.45, 7) is 4.68. The molecule has 55 heavy (non-hydrogen) atoms. The maximum atomic E-state index is 14.5. The minimum atomic E-state index is -1.29. The predicted molar refractivity (Wildman–Crippen MR) is 220 cm³/mol. The number of aliphatic hydroxyl groups is 2. The summed E-state index contributed by atoms with van der Waals surface area (Å²) < 4.78 is 5.37. The lowest BCUT2D eigenvalue weighted by Crippen LogP contribution is -2.54. The number of ketones is 1. The number of methoxy groups -OCH3 is 1. The van der Waals surface area contributed by atoms with Crippen LogP contribution in [0.5, 0.6) is 5.75 Å². The Balaban J connectivity index is 1.31. The van der Waals surface area contributed by atoms with E-state index in [1.54, 1.807) is 36.3 Å². The molecule has 2 bridgehead atoms. The number of carbonyl (C=O) groups excluding carboxylic acids is 2. The van der Waals surface area contributed by atoms with Gasteiger partial charge in [0.15, 0.2) is 5.78 Å². The number of fused-ring (bicyclic) bond motifs is 9. The molecule has 1 fully saturated rings. The maximum Gasteiger partial charge on any atom is 0.322 e. The minimum Gasteiger partial charge on any atom is -0.497 e. The van der Waals surface area contributed by atoms with Crippen molar-refractivity contribution in [1.82, 2.24) is 4.90 Å². The molecule has 7 nitrogen and oxygen atoms in total. The number of allylic oxidation sites excluding steroid dienone is 2. The Kier molecular flexibility index (Phi) is 11.2. The van der Waals surface area contributed by atoms with Gasteiger partial charge in [-0.2, -0.15) is 0 Å². The van der Waals surface area contributed by atoms with Gasteiger partial charge in [-0.3, -0.25) is 4.79 Å². The number of rotatable bonds is 8. The van der Waals surface area contributed by atoms with Crippen LogP contribution in [0.25, 0.3) is 10.8 Å². The molecule has 5 aromatic carbocycles. The summed E-state index contributed by atoms with van der Waals surface area (Å²) in [5.41, 5.74) is 3.83. The number of benzene rings is 5. The zero-order valence-electron chi connectivity index (χ0n) is 32.1. The van der Waals surface area contributed by atoms with Gasteiger partial charge in [-0.05, 0) is 128 Å². The third kappa shape index (κ3) is 8.10. The third-order valence-electron chi connectivity index (χ3n) is 12.3. The van der Waals surface area contributed by atoms with Crippen LogP contribution < -0.4 is 10.1 Å². The Morgan fingerprint density at radius 1 is 0.891 bits per heavy atom. The number of urea groups is 1. The normalized spacial score (nSPS) is 22.7. The fourth-order valence-electron chi connectivity index (χ4n) is 8.97. The number of carbonyl (C=O) groups is 2. The van der Waals surface area contributed by atoms with E-state index in [0.29, 0.717) is 61.2 Å². The number of hydrogen-bond acceptors (Lipinski definition) is 5. The number of amides is 2. The molecule has 284 valence electrons. The number of hydrogen-bond donors (Lipinski definition) is 3. The summed E-state index contributed by atoms with van der Waals surface area (Å²) in [5.74, 6) is 0.389. The second kappa shape index (κ2) is 16.2. The summed E-state index contributed by atoms with van der Waals surface area (Å²) in [7, 11) is 1.60. The fraction of sp³-hybridized carbons (Fsp3) is 0.333. The molecule has 2 amide bonds. The van der Waals surface area contributed by atoms with Crippen LogP contribution in [0.1, 0.15) is 90.9 Å². The van der Waals surface area contributed by atoms with E-state index in [0.717, 1.165) is 40.3 Å². The topological polar surface area (TPSA) is 99.1 Å². The number of ether oxygens (including phenoxy) is 1. The van der Waals surface area contributed by atoms with Crippen molar-refractivity contribution >= 4 is 28.3 Å². The largest absolute Gasteiger partial charge is 0.497 e. The standard InChI is InChI=1S/C48H52N2O5/c1-33-11-10-27-47(2)44(42-25-19-34(29-39(51)22-18-33)30-43(42)45(52)36-20-23-40(55-3)24-21-36)26-28-48(47,54)32-50(46(53)49-38-15-5-4-6-16-38)31-37-14-9-13-35-12-7-8-17-41(35)37/h4-9,11-17,19-21,23-25,30,39,44,51,54H,10,18,22,26-29,31-32H2,1-3H3,(H,49,53)/t39-,44-,47-,48+/m0/s1. The zero-order valence-corrected chi connectivity index (χ0v) is 32.1. The van der Waals surface area contributed by atoms with Gasteiger partial charge >= 0.3 is 6.03 Å². The highest BCUT2D eigenvalue weighted by atomic mass is 16.5. The van der Waals surface area contributed by atoms with Gasteiger partial charge in [0.1, 0.15) is 5.75 Å². The van der Waals surface area contributed by atoms with Crippen LogP contribution in [0.4, 0.5) is 10.5 Å². The fourth-order valence-corrected chi connectivity index (χ4v) is 8.97. The van der Waals surface area contributed by atoms with Crippen molar-refractivity contribution in [2.75, 3.05) is 19.0 Å². The smallest absolute Gasteiger partial charge is 0.322 e. The van der Waals surface area contributed by atoms with Crippen molar-refractivity contribution < 1.29 is 24.5 Å². The van der Waals surface area contributed by atoms with Crippen LogP contribution in [0.3, 0.4) is 0 Å². The zero-order chi connectivity index (χ0) is 38.6. The van der Waals surface area contributed by atoms with Crippen molar-refractivity contribution in [3.63, 3.8) is 0 Å². The first-order valence-corrected chi connectivity index (χ1v) is 19.5. The molecule has 0 spiro atoms. The molecule has 7 heteroatoms. The summed E-state index contributed by atoms with van der Waals surface area (Å²) >= 11 is 0. The summed E-state index contributed by atoms with van der Waals surface area (Å²) in [4.78, 5) is 30.6. The SMILES string of the molecule is COc1ccc(C(=O)c2cc3ccc2[C@@H]2CC[C@@](O)(CN(Cc4cccc5ccccc45)C(=O)Nc4ccccc4)[C@@]2(C)CCC=C(C)CC[C@H](O)C3)cc1. The van der Waals surface area contributed by atoms with Gasteiger partial charge in [-0.15, -0.1) is 0 Å². The van der Waals surface area contributed by atoms with Gasteiger partial charge in [0.2, 0.25) is 0 Å². The molecule has 5 aromatic rings. The molecule has 0 unspecified atom stereocenters. The highest BCUT2D eigenvalue weighted by molar-refractivity contribution is 6.10. The van der Waals surface area contributed by atoms with Gasteiger partial charge in [-0.1, -0.05) is 91.4 Å². The van der Waals surface area contributed by atoms with Gasteiger partial charge in [0.25, 0.3) is 0 Å². The maximum absolute atomic E-state index is 14.5. The summed E-state index contributed by atoms with van der Waals surface area (Å²) in [6, 6.07) is 36.7. The van der Waals surface area contributed by atoms with Crippen LogP contribution >= 0.6 is 0 Å². The first kappa shape index (κ1) is 38.1. The first-order valence-electron chi connectivity index (χ1n) is 19.5. The van der Waals surface area contributed by atoms with Gasteiger partial charge in [0.05, 0.1) is 25.4 Å². The molecule has 8 rings (SSSR count). The van der Waals surface area contributed by atoms with E-state index < -0.39 is 17.1 Å². The van der Waals surface area contributed by atoms with Crippen LogP contribution in [-0.4, -0.2) is 52.3 Å². The van der Waals surface area contributed by atoms with E-state index in [-0.39, 0.29) is 24.3 Å². The third-order valence-corrected chi connectivity index (χ3v) is 12.3. The van der Waals surface area contributed by atoms with E-state index in [1.165, 1.54) is 5.57 Å². The lowest BCUT2D eigenvalue weighted by molar-refractivity contribution is -0.0773. The van der Waals surface area contributed by atoms with E-state index >= 15 is 0 Å². The number of nitrogens with zero attached hydrogens (tertiary/aromatic N) is 1. The Morgan fingerprint density at radius 3 is 2.42 bits per heavy atom. The van der Waals surface area contributed by atoms with Crippen molar-refractivity contribution in [3.05, 3.63) is 155 Å². The van der Waals surface area contributed by atoms with Crippen LogP contribution in [0.2, 0.25) is 0 Å². The van der Waals surface area contributed by atoms with E-state index in [4.69, 9.17) is 4.74 Å². The molecule has 3 N–H and O–H groups in total. The van der Waals surface area contributed by atoms with Crippen molar-refractivity contribution in [2.45, 2.75) is 83.0 Å². The Labute approximate surface area is 324 Å². The average Bonchev–Trinajstić information content (AvgIpc) is 3.45. The van der Waals surface area contributed by atoms with Crippen molar-refractivity contribution in [2.24, 2.45) is 5.41 Å². The second-order valence-corrected chi connectivity index (χ2v) is 15.8. The highest BCUT2D eigenvalue weighted by Crippen LogP contribution is 2.59. The second-order valence-electron chi connectivity index (χ2n) is 15.8. The molecular weight excluding hydrogens is 685 g/mol. The summed E-state index contributed by atoms with van der Waals surface area (Å²) in [6.07, 6.45) is 6.00. The Hall–Kier alpha value is -5.24. The molecule has 3 aliphatic rings. The summed E-state index contributed by atoms with van der Waals surface area (Å²) in [5, 5.41) is 29.5. The molecule has 0 radical (unpaired) electrons. The van der Waals surface area contributed by atoms with Gasteiger partial charge in [-0.25, -0.2) is 4.79 Å². The molecule has 0 saturated heterocycles. The lowest BCUT2D eigenvalue weighted by Gasteiger charge is -2.46. The van der Waals surface area contributed by atoms with Gasteiger partial charge in [0, 0.05) is 28.8 Å². The lowest BCUT2D eigenvalue weighted by atomic mass is 9.64. The van der Waals surface area contributed by atoms with Crippen LogP contribution in [0, 0.1) is 5.41 Å². The minimum absolute atomic E-state index is 0.102. The van der Waals surface area contributed by atoms with Gasteiger partial charge < -0.3 is 25.2 Å². The first-order chi connectivity index (χ1) is 26.6. The van der Waals surface area contributed by atoms with Crippen LogP contribution in [-0.2, 0) is 13.0 Å². The Bertz CT molecular complexity index is 2180.